The monoisotopic (exact) mass is 374 g/mol. The summed E-state index contributed by atoms with van der Waals surface area (Å²) in [6.07, 6.45) is 7.76. The Morgan fingerprint density at radius 1 is 1.19 bits per heavy atom. The second-order valence-corrected chi connectivity index (χ2v) is 8.92. The summed E-state index contributed by atoms with van der Waals surface area (Å²) in [5.41, 5.74) is 0. The number of carbonyl (C=O) groups excluding carboxylic acids is 2. The van der Waals surface area contributed by atoms with Gasteiger partial charge in [-0.3, -0.25) is 9.59 Å². The van der Waals surface area contributed by atoms with Crippen LogP contribution in [0.5, 0.6) is 0 Å². The molecular weight excluding hydrogens is 344 g/mol. The van der Waals surface area contributed by atoms with E-state index >= 15 is 0 Å². The molecule has 1 aliphatic heterocycles. The van der Waals surface area contributed by atoms with Crippen LogP contribution in [-0.4, -0.2) is 41.2 Å². The molecule has 0 unspecified atom stereocenters. The Bertz CT molecular complexity index is 648. The van der Waals surface area contributed by atoms with Crippen molar-refractivity contribution in [2.45, 2.75) is 52.0 Å². The van der Waals surface area contributed by atoms with Gasteiger partial charge in [0, 0.05) is 41.2 Å². The van der Waals surface area contributed by atoms with Crippen LogP contribution >= 0.6 is 11.3 Å². The Kier molecular flexibility index (Phi) is 6.52. The van der Waals surface area contributed by atoms with E-state index in [1.165, 1.54) is 9.75 Å². The lowest BCUT2D eigenvalue weighted by Crippen LogP contribution is -2.46. The Hall–Kier alpha value is -1.62. The van der Waals surface area contributed by atoms with Crippen molar-refractivity contribution in [2.24, 2.45) is 11.8 Å². The normalized spacial score (nSPS) is 23.0. The van der Waals surface area contributed by atoms with Crippen molar-refractivity contribution < 1.29 is 9.59 Å². The molecule has 0 radical (unpaired) electrons. The molecule has 0 N–H and O–H groups in total. The molecule has 0 spiro atoms. The number of carbonyl (C=O) groups is 2. The van der Waals surface area contributed by atoms with Gasteiger partial charge < -0.3 is 9.80 Å². The van der Waals surface area contributed by atoms with Gasteiger partial charge >= 0.3 is 0 Å². The maximum Gasteiger partial charge on any atom is 0.227 e. The van der Waals surface area contributed by atoms with Crippen molar-refractivity contribution in [1.29, 1.82) is 0 Å². The summed E-state index contributed by atoms with van der Waals surface area (Å²) in [5.74, 6) is 0.0452. The van der Waals surface area contributed by atoms with Gasteiger partial charge in [0.25, 0.3) is 0 Å². The molecule has 5 heteroatoms. The molecule has 0 aromatic carbocycles. The Morgan fingerprint density at radius 3 is 2.50 bits per heavy atom. The predicted molar refractivity (Wildman–Crippen MR) is 106 cm³/mol. The summed E-state index contributed by atoms with van der Waals surface area (Å²) < 4.78 is 0. The SMILES string of the molecule is C=CCN(Cc1ccc(C)s1)C(=O)[C@H]1CCCC[C@H]1C(=O)N1CCCC1. The van der Waals surface area contributed by atoms with Crippen molar-refractivity contribution in [1.82, 2.24) is 9.80 Å². The minimum atomic E-state index is -0.169. The first-order chi connectivity index (χ1) is 12.6. The maximum atomic E-state index is 13.3. The molecule has 0 bridgehead atoms. The summed E-state index contributed by atoms with van der Waals surface area (Å²) in [6.45, 7) is 8.79. The summed E-state index contributed by atoms with van der Waals surface area (Å²) in [6, 6.07) is 4.19. The lowest BCUT2D eigenvalue weighted by Gasteiger charge is -2.35. The Morgan fingerprint density at radius 2 is 1.88 bits per heavy atom. The quantitative estimate of drug-likeness (QED) is 0.706. The van der Waals surface area contributed by atoms with Gasteiger partial charge in [-0.2, -0.15) is 0 Å². The van der Waals surface area contributed by atoms with Gasteiger partial charge in [0.1, 0.15) is 0 Å². The smallest absolute Gasteiger partial charge is 0.227 e. The fourth-order valence-electron chi connectivity index (χ4n) is 4.28. The minimum absolute atomic E-state index is 0.133. The predicted octanol–water partition coefficient (Wildman–Crippen LogP) is 4.00. The van der Waals surface area contributed by atoms with Crippen molar-refractivity contribution >= 4 is 23.2 Å². The first-order valence-electron chi connectivity index (χ1n) is 9.84. The molecule has 1 aliphatic carbocycles. The van der Waals surface area contributed by atoms with Crippen LogP contribution < -0.4 is 0 Å². The van der Waals surface area contributed by atoms with E-state index in [2.05, 4.69) is 25.6 Å². The molecule has 2 aliphatic rings. The Labute approximate surface area is 160 Å². The minimum Gasteiger partial charge on any atom is -0.342 e. The molecule has 1 aromatic heterocycles. The molecule has 2 atom stereocenters. The summed E-state index contributed by atoms with van der Waals surface area (Å²) in [5, 5.41) is 0. The van der Waals surface area contributed by atoms with E-state index in [-0.39, 0.29) is 23.7 Å². The molecule has 142 valence electrons. The van der Waals surface area contributed by atoms with Gasteiger partial charge in [-0.05, 0) is 44.7 Å². The average Bonchev–Trinajstić information content (AvgIpc) is 3.32. The molecule has 2 amide bonds. The van der Waals surface area contributed by atoms with E-state index in [9.17, 15) is 9.59 Å². The van der Waals surface area contributed by atoms with Crippen molar-refractivity contribution in [2.75, 3.05) is 19.6 Å². The highest BCUT2D eigenvalue weighted by atomic mass is 32.1. The van der Waals surface area contributed by atoms with E-state index in [0.717, 1.165) is 51.6 Å². The summed E-state index contributed by atoms with van der Waals surface area (Å²) >= 11 is 1.73. The van der Waals surface area contributed by atoms with Crippen LogP contribution in [0.15, 0.2) is 24.8 Å². The number of thiophene rings is 1. The van der Waals surface area contributed by atoms with Gasteiger partial charge in [-0.15, -0.1) is 17.9 Å². The zero-order valence-electron chi connectivity index (χ0n) is 15.8. The van der Waals surface area contributed by atoms with Crippen LogP contribution in [0.25, 0.3) is 0 Å². The highest BCUT2D eigenvalue weighted by molar-refractivity contribution is 7.11. The molecule has 1 saturated heterocycles. The third-order valence-electron chi connectivity index (χ3n) is 5.62. The van der Waals surface area contributed by atoms with Crippen LogP contribution in [0, 0.1) is 18.8 Å². The molecule has 4 nitrogen and oxygen atoms in total. The van der Waals surface area contributed by atoms with Crippen LogP contribution in [0.2, 0.25) is 0 Å². The lowest BCUT2D eigenvalue weighted by molar-refractivity contribution is -0.147. The van der Waals surface area contributed by atoms with E-state index in [0.29, 0.717) is 13.1 Å². The number of hydrogen-bond acceptors (Lipinski definition) is 3. The second-order valence-electron chi connectivity index (χ2n) is 7.55. The fraction of sp³-hybridized carbons (Fsp3) is 0.619. The zero-order valence-corrected chi connectivity index (χ0v) is 16.6. The molecule has 1 aromatic rings. The molecule has 1 saturated carbocycles. The lowest BCUT2D eigenvalue weighted by atomic mass is 9.77. The van der Waals surface area contributed by atoms with Crippen LogP contribution in [0.3, 0.4) is 0 Å². The third-order valence-corrected chi connectivity index (χ3v) is 6.61. The highest BCUT2D eigenvalue weighted by Gasteiger charge is 2.39. The number of aryl methyl sites for hydroxylation is 1. The second kappa shape index (κ2) is 8.85. The average molecular weight is 375 g/mol. The first-order valence-corrected chi connectivity index (χ1v) is 10.7. The van der Waals surface area contributed by atoms with Gasteiger partial charge in [0.2, 0.25) is 11.8 Å². The van der Waals surface area contributed by atoms with Crippen molar-refractivity contribution in [3.8, 4) is 0 Å². The molecule has 3 rings (SSSR count). The molecule has 26 heavy (non-hydrogen) atoms. The van der Waals surface area contributed by atoms with Crippen molar-refractivity contribution in [3.05, 3.63) is 34.5 Å². The zero-order chi connectivity index (χ0) is 18.5. The number of likely N-dealkylation sites (tertiary alicyclic amines) is 1. The van der Waals surface area contributed by atoms with Crippen molar-refractivity contribution in [3.63, 3.8) is 0 Å². The van der Waals surface area contributed by atoms with Gasteiger partial charge in [-0.25, -0.2) is 0 Å². The third kappa shape index (κ3) is 4.37. The largest absolute Gasteiger partial charge is 0.342 e. The molecule has 2 heterocycles. The van der Waals surface area contributed by atoms with E-state index in [1.807, 2.05) is 9.80 Å². The highest BCUT2D eigenvalue weighted by Crippen LogP contribution is 2.34. The molecular formula is C21H30N2O2S. The maximum absolute atomic E-state index is 13.3. The fourth-order valence-corrected chi connectivity index (χ4v) is 5.18. The number of rotatable bonds is 6. The van der Waals surface area contributed by atoms with Crippen LogP contribution in [0.4, 0.5) is 0 Å². The molecule has 2 fully saturated rings. The van der Waals surface area contributed by atoms with Gasteiger partial charge in [-0.1, -0.05) is 18.9 Å². The van der Waals surface area contributed by atoms with Crippen LogP contribution in [0.1, 0.15) is 48.3 Å². The number of hydrogen-bond donors (Lipinski definition) is 0. The topological polar surface area (TPSA) is 40.6 Å². The number of nitrogens with zero attached hydrogens (tertiary/aromatic N) is 2. The summed E-state index contributed by atoms with van der Waals surface area (Å²) in [4.78, 5) is 32.7. The van der Waals surface area contributed by atoms with E-state index < -0.39 is 0 Å². The van der Waals surface area contributed by atoms with E-state index in [4.69, 9.17) is 0 Å². The summed E-state index contributed by atoms with van der Waals surface area (Å²) in [7, 11) is 0. The number of amides is 2. The van der Waals surface area contributed by atoms with E-state index in [1.54, 1.807) is 17.4 Å². The van der Waals surface area contributed by atoms with Gasteiger partial charge in [0.15, 0.2) is 0 Å². The van der Waals surface area contributed by atoms with Gasteiger partial charge in [0.05, 0.1) is 6.54 Å². The standard InChI is InChI=1S/C21H30N2O2S/c1-3-12-23(15-17-11-10-16(2)26-17)21(25)19-9-5-4-8-18(19)20(24)22-13-6-7-14-22/h3,10-11,18-19H,1,4-9,12-15H2,2H3/t18-,19+/m1/s1. The first kappa shape index (κ1) is 19.2. The Balaban J connectivity index is 1.74. The van der Waals surface area contributed by atoms with Crippen LogP contribution in [-0.2, 0) is 16.1 Å².